The van der Waals surface area contributed by atoms with Crippen LogP contribution in [0.5, 0.6) is 0 Å². The standard InChI is InChI=1S/C18H17F3N2O2/c1-23(17(25)14-5-3-2-4-6-14)12-16(24)22-11-13-7-9-15(10-8-13)18(19,20)21/h2-10H,11-12H2,1H3,(H,22,24). The number of hydrogen-bond donors (Lipinski definition) is 1. The molecule has 0 saturated carbocycles. The third-order valence-corrected chi connectivity index (χ3v) is 3.52. The molecule has 2 rings (SSSR count). The highest BCUT2D eigenvalue weighted by Gasteiger charge is 2.29. The van der Waals surface area contributed by atoms with Crippen molar-refractivity contribution in [2.45, 2.75) is 12.7 Å². The van der Waals surface area contributed by atoms with Crippen molar-refractivity contribution in [3.05, 3.63) is 71.3 Å². The molecule has 2 aromatic rings. The summed E-state index contributed by atoms with van der Waals surface area (Å²) < 4.78 is 37.5. The van der Waals surface area contributed by atoms with Crippen LogP contribution in [0.25, 0.3) is 0 Å². The van der Waals surface area contributed by atoms with E-state index in [1.807, 2.05) is 0 Å². The summed E-state index contributed by atoms with van der Waals surface area (Å²) in [6.07, 6.45) is -4.39. The number of carbonyl (C=O) groups is 2. The summed E-state index contributed by atoms with van der Waals surface area (Å²) in [5, 5.41) is 2.58. The van der Waals surface area contributed by atoms with Gasteiger partial charge in [-0.3, -0.25) is 9.59 Å². The fraction of sp³-hybridized carbons (Fsp3) is 0.222. The van der Waals surface area contributed by atoms with Crippen LogP contribution in [0.15, 0.2) is 54.6 Å². The maximum absolute atomic E-state index is 12.5. The number of amides is 2. The minimum atomic E-state index is -4.39. The smallest absolute Gasteiger partial charge is 0.350 e. The van der Waals surface area contributed by atoms with Gasteiger partial charge < -0.3 is 10.2 Å². The monoisotopic (exact) mass is 350 g/mol. The molecular weight excluding hydrogens is 333 g/mol. The van der Waals surface area contributed by atoms with Gasteiger partial charge in [0.25, 0.3) is 5.91 Å². The van der Waals surface area contributed by atoms with E-state index in [2.05, 4.69) is 5.32 Å². The third-order valence-electron chi connectivity index (χ3n) is 3.52. The van der Waals surface area contributed by atoms with Crippen molar-refractivity contribution in [2.75, 3.05) is 13.6 Å². The van der Waals surface area contributed by atoms with Crippen LogP contribution in [0.4, 0.5) is 13.2 Å². The quantitative estimate of drug-likeness (QED) is 0.901. The minimum absolute atomic E-state index is 0.0876. The van der Waals surface area contributed by atoms with Crippen LogP contribution in [0.1, 0.15) is 21.5 Å². The van der Waals surface area contributed by atoms with E-state index in [9.17, 15) is 22.8 Å². The SMILES string of the molecule is CN(CC(=O)NCc1ccc(C(F)(F)F)cc1)C(=O)c1ccccc1. The molecule has 2 aromatic carbocycles. The van der Waals surface area contributed by atoms with Gasteiger partial charge in [0.15, 0.2) is 0 Å². The van der Waals surface area contributed by atoms with Crippen LogP contribution in [0.3, 0.4) is 0 Å². The lowest BCUT2D eigenvalue weighted by Gasteiger charge is -2.17. The third kappa shape index (κ3) is 5.34. The number of benzene rings is 2. The molecule has 0 saturated heterocycles. The lowest BCUT2D eigenvalue weighted by Crippen LogP contribution is -2.38. The van der Waals surface area contributed by atoms with E-state index in [0.29, 0.717) is 11.1 Å². The molecule has 132 valence electrons. The van der Waals surface area contributed by atoms with Gasteiger partial charge in [0, 0.05) is 19.2 Å². The van der Waals surface area contributed by atoms with Crippen LogP contribution in [-0.4, -0.2) is 30.3 Å². The van der Waals surface area contributed by atoms with Crippen molar-refractivity contribution >= 4 is 11.8 Å². The predicted octanol–water partition coefficient (Wildman–Crippen LogP) is 3.09. The molecule has 0 aromatic heterocycles. The van der Waals surface area contributed by atoms with Crippen molar-refractivity contribution in [1.29, 1.82) is 0 Å². The van der Waals surface area contributed by atoms with Gasteiger partial charge in [-0.2, -0.15) is 13.2 Å². The van der Waals surface area contributed by atoms with Gasteiger partial charge >= 0.3 is 6.18 Å². The van der Waals surface area contributed by atoms with E-state index >= 15 is 0 Å². The molecule has 0 bridgehead atoms. The van der Waals surface area contributed by atoms with E-state index in [1.165, 1.54) is 24.1 Å². The van der Waals surface area contributed by atoms with Gasteiger partial charge in [0.05, 0.1) is 12.1 Å². The zero-order chi connectivity index (χ0) is 18.4. The molecule has 0 aliphatic rings. The lowest BCUT2D eigenvalue weighted by molar-refractivity contribution is -0.137. The first-order valence-electron chi connectivity index (χ1n) is 7.50. The summed E-state index contributed by atoms with van der Waals surface area (Å²) >= 11 is 0. The molecule has 0 fully saturated rings. The van der Waals surface area contributed by atoms with E-state index in [-0.39, 0.29) is 19.0 Å². The van der Waals surface area contributed by atoms with Gasteiger partial charge in [0.1, 0.15) is 0 Å². The molecular formula is C18H17F3N2O2. The molecule has 0 heterocycles. The van der Waals surface area contributed by atoms with Gasteiger partial charge in [-0.25, -0.2) is 0 Å². The molecule has 7 heteroatoms. The molecule has 0 aliphatic heterocycles. The van der Waals surface area contributed by atoms with Crippen molar-refractivity contribution in [3.8, 4) is 0 Å². The summed E-state index contributed by atoms with van der Waals surface area (Å²) in [6.45, 7) is -0.0568. The summed E-state index contributed by atoms with van der Waals surface area (Å²) in [4.78, 5) is 25.3. The van der Waals surface area contributed by atoms with E-state index in [4.69, 9.17) is 0 Å². The second-order valence-corrected chi connectivity index (χ2v) is 5.50. The van der Waals surface area contributed by atoms with Crippen molar-refractivity contribution in [2.24, 2.45) is 0 Å². The summed E-state index contributed by atoms with van der Waals surface area (Å²) in [5.74, 6) is -0.683. The number of halogens is 3. The highest BCUT2D eigenvalue weighted by atomic mass is 19.4. The summed E-state index contributed by atoms with van der Waals surface area (Å²) in [5.41, 5.74) is 0.273. The number of nitrogens with one attached hydrogen (secondary N) is 1. The first-order chi connectivity index (χ1) is 11.8. The molecule has 1 N–H and O–H groups in total. The molecule has 0 unspecified atom stereocenters. The van der Waals surface area contributed by atoms with Gasteiger partial charge in [-0.15, -0.1) is 0 Å². The Labute approximate surface area is 143 Å². The normalized spacial score (nSPS) is 11.0. The van der Waals surface area contributed by atoms with Crippen molar-refractivity contribution < 1.29 is 22.8 Å². The fourth-order valence-corrected chi connectivity index (χ4v) is 2.16. The molecule has 2 amide bonds. The van der Waals surface area contributed by atoms with Crippen LogP contribution in [0, 0.1) is 0 Å². The maximum atomic E-state index is 12.5. The molecule has 0 atom stereocenters. The maximum Gasteiger partial charge on any atom is 0.416 e. The molecule has 0 aliphatic carbocycles. The summed E-state index contributed by atoms with van der Waals surface area (Å²) in [7, 11) is 1.51. The van der Waals surface area contributed by atoms with E-state index in [0.717, 1.165) is 12.1 Å². The van der Waals surface area contributed by atoms with E-state index in [1.54, 1.807) is 30.3 Å². The topological polar surface area (TPSA) is 49.4 Å². The Kier molecular flexibility index (Phi) is 5.80. The molecule has 25 heavy (non-hydrogen) atoms. The number of alkyl halides is 3. The van der Waals surface area contributed by atoms with Gasteiger partial charge in [-0.05, 0) is 29.8 Å². The number of likely N-dealkylation sites (N-methyl/N-ethyl adjacent to an activating group) is 1. The fourth-order valence-electron chi connectivity index (χ4n) is 2.16. The zero-order valence-corrected chi connectivity index (χ0v) is 13.5. The van der Waals surface area contributed by atoms with Crippen molar-refractivity contribution in [3.63, 3.8) is 0 Å². The van der Waals surface area contributed by atoms with Crippen LogP contribution >= 0.6 is 0 Å². The van der Waals surface area contributed by atoms with Crippen LogP contribution in [-0.2, 0) is 17.5 Å². The molecule has 4 nitrogen and oxygen atoms in total. The average Bonchev–Trinajstić information content (AvgIpc) is 2.59. The van der Waals surface area contributed by atoms with Gasteiger partial charge in [-0.1, -0.05) is 30.3 Å². The number of hydrogen-bond acceptors (Lipinski definition) is 2. The Morgan fingerprint density at radius 3 is 2.16 bits per heavy atom. The minimum Gasteiger partial charge on any atom is -0.350 e. The second kappa shape index (κ2) is 7.83. The average molecular weight is 350 g/mol. The molecule has 0 spiro atoms. The Balaban J connectivity index is 1.85. The van der Waals surface area contributed by atoms with Crippen LogP contribution in [0.2, 0.25) is 0 Å². The molecule has 0 radical (unpaired) electrons. The van der Waals surface area contributed by atoms with Crippen molar-refractivity contribution in [1.82, 2.24) is 10.2 Å². The highest BCUT2D eigenvalue weighted by molar-refractivity contribution is 5.96. The summed E-state index contributed by atoms with van der Waals surface area (Å²) in [6, 6.07) is 13.1. The second-order valence-electron chi connectivity index (χ2n) is 5.50. The number of carbonyl (C=O) groups excluding carboxylic acids is 2. The predicted molar refractivity (Wildman–Crippen MR) is 86.7 cm³/mol. The van der Waals surface area contributed by atoms with Crippen LogP contribution < -0.4 is 5.32 Å². The number of nitrogens with zero attached hydrogens (tertiary/aromatic N) is 1. The zero-order valence-electron chi connectivity index (χ0n) is 13.5. The lowest BCUT2D eigenvalue weighted by atomic mass is 10.1. The number of rotatable bonds is 5. The van der Waals surface area contributed by atoms with E-state index < -0.39 is 17.6 Å². The Morgan fingerprint density at radius 1 is 1.00 bits per heavy atom. The largest absolute Gasteiger partial charge is 0.416 e. The van der Waals surface area contributed by atoms with Gasteiger partial charge in [0.2, 0.25) is 5.91 Å². The Hall–Kier alpha value is -2.83. The Morgan fingerprint density at radius 2 is 1.60 bits per heavy atom. The first-order valence-corrected chi connectivity index (χ1v) is 7.50. The Bertz CT molecular complexity index is 728. The highest BCUT2D eigenvalue weighted by Crippen LogP contribution is 2.29. The first kappa shape index (κ1) is 18.5.